The number of rotatable bonds is 8. The fourth-order valence-electron chi connectivity index (χ4n) is 3.59. The molecule has 0 aromatic heterocycles. The van der Waals surface area contributed by atoms with E-state index < -0.39 is 14.8 Å². The molecule has 0 amide bonds. The molecule has 1 saturated heterocycles. The number of nitrogens with zero attached hydrogens (tertiary/aromatic N) is 2. The first-order valence-corrected chi connectivity index (χ1v) is 11.3. The molecule has 2 aromatic carbocycles. The average molecular weight is 420 g/mol. The van der Waals surface area contributed by atoms with Crippen LogP contribution in [0.1, 0.15) is 24.4 Å². The van der Waals surface area contributed by atoms with Gasteiger partial charge < -0.3 is 10.1 Å². The molecular formula is C20H25N3O5S. The Hall–Kier alpha value is -2.65. The lowest BCUT2D eigenvalue weighted by molar-refractivity contribution is -0.384. The summed E-state index contributed by atoms with van der Waals surface area (Å²) in [6.45, 7) is 2.40. The lowest BCUT2D eigenvalue weighted by Gasteiger charge is -2.28. The van der Waals surface area contributed by atoms with Gasteiger partial charge in [-0.3, -0.25) is 15.0 Å². The molecule has 29 heavy (non-hydrogen) atoms. The fraction of sp³-hybridized carbons (Fsp3) is 0.400. The van der Waals surface area contributed by atoms with Crippen LogP contribution in [0.5, 0.6) is 5.75 Å². The van der Waals surface area contributed by atoms with E-state index in [9.17, 15) is 18.5 Å². The fourth-order valence-corrected chi connectivity index (χ4v) is 4.23. The molecule has 3 rings (SSSR count). The molecule has 1 heterocycles. The Morgan fingerprint density at radius 2 is 1.83 bits per heavy atom. The van der Waals surface area contributed by atoms with Crippen molar-refractivity contribution in [2.45, 2.75) is 23.8 Å². The molecule has 8 nitrogen and oxygen atoms in total. The second-order valence-electron chi connectivity index (χ2n) is 7.12. The first-order chi connectivity index (χ1) is 13.8. The van der Waals surface area contributed by atoms with Gasteiger partial charge in [0.25, 0.3) is 5.69 Å². The number of nitrogens with one attached hydrogen (secondary N) is 1. The highest BCUT2D eigenvalue weighted by atomic mass is 32.2. The van der Waals surface area contributed by atoms with Crippen molar-refractivity contribution in [2.24, 2.45) is 0 Å². The highest BCUT2D eigenvalue weighted by Crippen LogP contribution is 2.31. The quantitative estimate of drug-likeness (QED) is 0.517. The standard InChI is InChI=1S/C20H25N3O5S/c1-28-16-7-5-15(6-8-16)20(22-11-3-4-12-22)14-21-18-10-9-17(29(2,26)27)13-19(18)23(24)25/h5-10,13,20-21H,3-4,11-12,14H2,1-2H3/t20-/m1/s1. The Morgan fingerprint density at radius 1 is 1.17 bits per heavy atom. The van der Waals surface area contributed by atoms with Crippen LogP contribution in [-0.2, 0) is 9.84 Å². The lowest BCUT2D eigenvalue weighted by Crippen LogP contribution is -2.31. The van der Waals surface area contributed by atoms with E-state index in [-0.39, 0.29) is 16.6 Å². The zero-order chi connectivity index (χ0) is 21.0. The van der Waals surface area contributed by atoms with E-state index in [1.807, 2.05) is 24.3 Å². The van der Waals surface area contributed by atoms with E-state index >= 15 is 0 Å². The molecule has 1 aliphatic heterocycles. The van der Waals surface area contributed by atoms with Crippen LogP contribution in [0.2, 0.25) is 0 Å². The van der Waals surface area contributed by atoms with Crippen molar-refractivity contribution in [3.63, 3.8) is 0 Å². The van der Waals surface area contributed by atoms with Gasteiger partial charge in [0, 0.05) is 18.9 Å². The largest absolute Gasteiger partial charge is 0.497 e. The maximum absolute atomic E-state index is 11.7. The second kappa shape index (κ2) is 8.79. The second-order valence-corrected chi connectivity index (χ2v) is 9.14. The molecule has 1 fully saturated rings. The molecule has 0 radical (unpaired) electrons. The Morgan fingerprint density at radius 3 is 2.38 bits per heavy atom. The molecule has 0 spiro atoms. The summed E-state index contributed by atoms with van der Waals surface area (Å²) in [7, 11) is -1.90. The van der Waals surface area contributed by atoms with Crippen LogP contribution >= 0.6 is 0 Å². The van der Waals surface area contributed by atoms with Crippen LogP contribution in [0.3, 0.4) is 0 Å². The SMILES string of the molecule is COc1ccc([C@@H](CNc2ccc(S(C)(=O)=O)cc2[N+](=O)[O-])N2CCCC2)cc1. The van der Waals surface area contributed by atoms with Crippen molar-refractivity contribution in [3.05, 3.63) is 58.1 Å². The average Bonchev–Trinajstić information content (AvgIpc) is 3.22. The number of sulfone groups is 1. The molecule has 1 N–H and O–H groups in total. The van der Waals surface area contributed by atoms with Crippen molar-refractivity contribution >= 4 is 21.2 Å². The van der Waals surface area contributed by atoms with Crippen molar-refractivity contribution in [1.29, 1.82) is 0 Å². The van der Waals surface area contributed by atoms with Gasteiger partial charge in [-0.15, -0.1) is 0 Å². The Balaban J connectivity index is 1.86. The number of ether oxygens (including phenoxy) is 1. The van der Waals surface area contributed by atoms with E-state index in [0.717, 1.165) is 49.6 Å². The summed E-state index contributed by atoms with van der Waals surface area (Å²) in [4.78, 5) is 13.2. The highest BCUT2D eigenvalue weighted by molar-refractivity contribution is 7.90. The van der Waals surface area contributed by atoms with Gasteiger partial charge in [-0.25, -0.2) is 8.42 Å². The minimum Gasteiger partial charge on any atom is -0.497 e. The van der Waals surface area contributed by atoms with E-state index in [1.165, 1.54) is 12.1 Å². The van der Waals surface area contributed by atoms with E-state index in [4.69, 9.17) is 4.74 Å². The van der Waals surface area contributed by atoms with Gasteiger partial charge in [0.2, 0.25) is 0 Å². The number of anilines is 1. The molecule has 1 aliphatic rings. The van der Waals surface area contributed by atoms with E-state index in [0.29, 0.717) is 12.2 Å². The minimum absolute atomic E-state index is 0.0394. The number of hydrogen-bond donors (Lipinski definition) is 1. The van der Waals surface area contributed by atoms with Crippen LogP contribution in [0.25, 0.3) is 0 Å². The molecule has 1 atom stereocenters. The predicted molar refractivity (Wildman–Crippen MR) is 111 cm³/mol. The Labute approximate surface area is 170 Å². The summed E-state index contributed by atoms with van der Waals surface area (Å²) in [5, 5.41) is 14.7. The van der Waals surface area contributed by atoms with Gasteiger partial charge >= 0.3 is 0 Å². The summed E-state index contributed by atoms with van der Waals surface area (Å²) in [6, 6.07) is 11.8. The number of methoxy groups -OCH3 is 1. The summed E-state index contributed by atoms with van der Waals surface area (Å²) >= 11 is 0. The molecule has 9 heteroatoms. The van der Waals surface area contributed by atoms with E-state index in [2.05, 4.69) is 10.2 Å². The van der Waals surface area contributed by atoms with Crippen molar-refractivity contribution in [1.82, 2.24) is 4.90 Å². The zero-order valence-electron chi connectivity index (χ0n) is 16.5. The molecular weight excluding hydrogens is 394 g/mol. The van der Waals surface area contributed by atoms with Gasteiger partial charge in [0.1, 0.15) is 11.4 Å². The molecule has 0 bridgehead atoms. The highest BCUT2D eigenvalue weighted by Gasteiger charge is 2.25. The first kappa shape index (κ1) is 21.1. The molecule has 156 valence electrons. The third-order valence-corrected chi connectivity index (χ3v) is 6.27. The van der Waals surface area contributed by atoms with Crippen molar-refractivity contribution < 1.29 is 18.1 Å². The van der Waals surface area contributed by atoms with Gasteiger partial charge in [0.05, 0.1) is 23.0 Å². The lowest BCUT2D eigenvalue weighted by atomic mass is 10.0. The minimum atomic E-state index is -3.52. The first-order valence-electron chi connectivity index (χ1n) is 9.40. The van der Waals surface area contributed by atoms with Crippen LogP contribution < -0.4 is 10.1 Å². The topological polar surface area (TPSA) is 102 Å². The zero-order valence-corrected chi connectivity index (χ0v) is 17.3. The summed E-state index contributed by atoms with van der Waals surface area (Å²) in [5.41, 5.74) is 1.15. The van der Waals surface area contributed by atoms with Gasteiger partial charge in [-0.2, -0.15) is 0 Å². The maximum Gasteiger partial charge on any atom is 0.293 e. The summed E-state index contributed by atoms with van der Waals surface area (Å²) in [5.74, 6) is 0.772. The van der Waals surface area contributed by atoms with Gasteiger partial charge in [-0.1, -0.05) is 12.1 Å². The third-order valence-electron chi connectivity index (χ3n) is 5.16. The predicted octanol–water partition coefficient (Wildman–Crippen LogP) is 3.26. The molecule has 0 aliphatic carbocycles. The smallest absolute Gasteiger partial charge is 0.293 e. The summed E-state index contributed by atoms with van der Waals surface area (Å²) in [6.07, 6.45) is 3.28. The molecule has 0 saturated carbocycles. The maximum atomic E-state index is 11.7. The number of benzene rings is 2. The van der Waals surface area contributed by atoms with Crippen LogP contribution in [0, 0.1) is 10.1 Å². The van der Waals surface area contributed by atoms with Crippen LogP contribution in [-0.4, -0.2) is 51.2 Å². The van der Waals surface area contributed by atoms with Crippen LogP contribution in [0.4, 0.5) is 11.4 Å². The third kappa shape index (κ3) is 5.04. The van der Waals surface area contributed by atoms with Gasteiger partial charge in [0.15, 0.2) is 9.84 Å². The van der Waals surface area contributed by atoms with Gasteiger partial charge in [-0.05, 0) is 55.8 Å². The Bertz CT molecular complexity index is 970. The summed E-state index contributed by atoms with van der Waals surface area (Å²) < 4.78 is 28.7. The van der Waals surface area contributed by atoms with E-state index in [1.54, 1.807) is 7.11 Å². The van der Waals surface area contributed by atoms with Crippen LogP contribution in [0.15, 0.2) is 47.4 Å². The Kier molecular flexibility index (Phi) is 6.39. The van der Waals surface area contributed by atoms with Crippen molar-refractivity contribution in [3.8, 4) is 5.75 Å². The number of likely N-dealkylation sites (tertiary alicyclic amines) is 1. The monoisotopic (exact) mass is 419 g/mol. The van der Waals surface area contributed by atoms with Crippen molar-refractivity contribution in [2.75, 3.05) is 38.3 Å². The number of nitro benzene ring substituents is 1. The molecule has 0 unspecified atom stereocenters. The number of nitro groups is 1. The molecule has 2 aromatic rings. The number of hydrogen-bond acceptors (Lipinski definition) is 7. The normalized spacial score (nSPS) is 15.8.